The maximum Gasteiger partial charge on any atom is 0.169 e. The highest BCUT2D eigenvalue weighted by atomic mass is 32.3. The van der Waals surface area contributed by atoms with Gasteiger partial charge in [0.25, 0.3) is 0 Å². The molecule has 0 amide bonds. The van der Waals surface area contributed by atoms with E-state index in [1.165, 1.54) is 22.3 Å². The van der Waals surface area contributed by atoms with E-state index in [4.69, 9.17) is 17.5 Å². The van der Waals surface area contributed by atoms with Crippen molar-refractivity contribution in [3.63, 3.8) is 0 Å². The minimum Gasteiger partial charge on any atom is -0.759 e. The Labute approximate surface area is 171 Å². The molecule has 0 atom stereocenters. The molecule has 0 bridgehead atoms. The summed E-state index contributed by atoms with van der Waals surface area (Å²) in [6, 6.07) is 17.0. The normalized spacial score (nSPS) is 11.4. The fourth-order valence-electron chi connectivity index (χ4n) is 2.35. The molecule has 6 nitrogen and oxygen atoms in total. The van der Waals surface area contributed by atoms with Gasteiger partial charge >= 0.3 is 0 Å². The molecular formula is C22H22N2O4S. The molecule has 0 aliphatic carbocycles. The first-order chi connectivity index (χ1) is 13.7. The molecule has 7 heteroatoms. The van der Waals surface area contributed by atoms with Crippen LogP contribution in [0.25, 0.3) is 24.3 Å². The Morgan fingerprint density at radius 3 is 1.03 bits per heavy atom. The Bertz CT molecular complexity index is 989. The van der Waals surface area contributed by atoms with Crippen LogP contribution in [0.2, 0.25) is 0 Å². The lowest BCUT2D eigenvalue weighted by atomic mass is 10.1. The van der Waals surface area contributed by atoms with E-state index in [0.717, 1.165) is 0 Å². The van der Waals surface area contributed by atoms with Crippen LogP contribution in [0.5, 0.6) is 0 Å². The largest absolute Gasteiger partial charge is 0.759 e. The number of pyridine rings is 2. The molecule has 2 aromatic heterocycles. The molecular weight excluding hydrogens is 388 g/mol. The third kappa shape index (κ3) is 9.57. The summed E-state index contributed by atoms with van der Waals surface area (Å²) in [5, 5.41) is 0. The first-order valence-electron chi connectivity index (χ1n) is 8.72. The van der Waals surface area contributed by atoms with Crippen molar-refractivity contribution in [2.75, 3.05) is 0 Å². The monoisotopic (exact) mass is 410 g/mol. The van der Waals surface area contributed by atoms with Gasteiger partial charge in [-0.15, -0.1) is 0 Å². The summed E-state index contributed by atoms with van der Waals surface area (Å²) < 4.78 is 38.1. The van der Waals surface area contributed by atoms with E-state index < -0.39 is 10.4 Å². The lowest BCUT2D eigenvalue weighted by Gasteiger charge is -2.06. The highest BCUT2D eigenvalue weighted by Gasteiger charge is 1.94. The highest BCUT2D eigenvalue weighted by molar-refractivity contribution is 7.79. The molecule has 0 N–H and O–H groups in total. The molecule has 0 saturated heterocycles. The van der Waals surface area contributed by atoms with Gasteiger partial charge in [0, 0.05) is 34.7 Å². The van der Waals surface area contributed by atoms with Gasteiger partial charge in [-0.25, -0.2) is 9.13 Å². The van der Waals surface area contributed by atoms with E-state index in [-0.39, 0.29) is 0 Å². The average molecular weight is 410 g/mol. The molecule has 3 rings (SSSR count). The Balaban J connectivity index is 0.000000537. The van der Waals surface area contributed by atoms with Gasteiger partial charge in [-0.2, -0.15) is 0 Å². The Kier molecular flexibility index (Phi) is 7.97. The summed E-state index contributed by atoms with van der Waals surface area (Å²) >= 11 is 0. The smallest absolute Gasteiger partial charge is 0.169 e. The molecule has 3 aromatic rings. The second-order valence-corrected chi connectivity index (χ2v) is 7.15. The number of hydrogen-bond donors (Lipinski definition) is 0. The van der Waals surface area contributed by atoms with Gasteiger partial charge in [0.2, 0.25) is 0 Å². The maximum absolute atomic E-state index is 8.52. The maximum atomic E-state index is 8.52. The van der Waals surface area contributed by atoms with E-state index in [0.29, 0.717) is 0 Å². The van der Waals surface area contributed by atoms with Crippen LogP contribution < -0.4 is 9.13 Å². The third-order valence-electron chi connectivity index (χ3n) is 3.88. The zero-order chi connectivity index (χ0) is 21.3. The number of nitrogens with zero attached hydrogens (tertiary/aromatic N) is 2. The van der Waals surface area contributed by atoms with Crippen LogP contribution in [0, 0.1) is 0 Å². The first kappa shape index (κ1) is 22.2. The number of benzene rings is 1. The molecule has 29 heavy (non-hydrogen) atoms. The summed E-state index contributed by atoms with van der Waals surface area (Å²) in [6.45, 7) is 0. The number of aryl methyl sites for hydroxylation is 2. The van der Waals surface area contributed by atoms with Crippen molar-refractivity contribution in [3.8, 4) is 0 Å². The zero-order valence-corrected chi connectivity index (χ0v) is 17.0. The SMILES string of the molecule is C[n+]1ccc(C=Cc2ccc(C=Cc3cc[n+](C)cc3)cc2)cc1.O=S(=O)([O-])[O-]. The van der Waals surface area contributed by atoms with Gasteiger partial charge in [-0.3, -0.25) is 8.42 Å². The summed E-state index contributed by atoms with van der Waals surface area (Å²) in [6.07, 6.45) is 16.8. The van der Waals surface area contributed by atoms with Crippen LogP contribution in [0.15, 0.2) is 73.3 Å². The topological polar surface area (TPSA) is 88.0 Å². The summed E-state index contributed by atoms with van der Waals surface area (Å²) in [4.78, 5) is 0. The van der Waals surface area contributed by atoms with Crippen LogP contribution in [-0.4, -0.2) is 17.5 Å². The second-order valence-electron chi connectivity index (χ2n) is 6.34. The molecule has 2 heterocycles. The molecule has 0 unspecified atom stereocenters. The fraction of sp³-hybridized carbons (Fsp3) is 0.0909. The summed E-state index contributed by atoms with van der Waals surface area (Å²) in [5.74, 6) is 0. The van der Waals surface area contributed by atoms with Gasteiger partial charge in [-0.1, -0.05) is 48.6 Å². The zero-order valence-electron chi connectivity index (χ0n) is 16.2. The molecule has 1 aromatic carbocycles. The van der Waals surface area contributed by atoms with Crippen molar-refractivity contribution < 1.29 is 26.7 Å². The molecule has 0 aliphatic rings. The van der Waals surface area contributed by atoms with Gasteiger partial charge in [0.05, 0.1) is 0 Å². The van der Waals surface area contributed by atoms with E-state index in [2.05, 4.69) is 97.6 Å². The molecule has 0 spiro atoms. The summed E-state index contributed by atoms with van der Waals surface area (Å²) in [5.41, 5.74) is 4.81. The third-order valence-corrected chi connectivity index (χ3v) is 3.88. The lowest BCUT2D eigenvalue weighted by Crippen LogP contribution is -2.25. The van der Waals surface area contributed by atoms with E-state index >= 15 is 0 Å². The van der Waals surface area contributed by atoms with E-state index in [9.17, 15) is 0 Å². The van der Waals surface area contributed by atoms with Gasteiger partial charge in [0.15, 0.2) is 24.8 Å². The van der Waals surface area contributed by atoms with E-state index in [1.54, 1.807) is 0 Å². The van der Waals surface area contributed by atoms with Crippen LogP contribution in [0.4, 0.5) is 0 Å². The number of hydrogen-bond acceptors (Lipinski definition) is 4. The minimum atomic E-state index is -5.17. The molecule has 0 radical (unpaired) electrons. The van der Waals surface area contributed by atoms with Crippen LogP contribution in [0.3, 0.4) is 0 Å². The van der Waals surface area contributed by atoms with Crippen LogP contribution in [-0.2, 0) is 24.5 Å². The molecule has 0 saturated carbocycles. The van der Waals surface area contributed by atoms with Crippen molar-refractivity contribution in [2.45, 2.75) is 0 Å². The predicted octanol–water partition coefficient (Wildman–Crippen LogP) is 2.34. The Morgan fingerprint density at radius 2 is 0.793 bits per heavy atom. The minimum absolute atomic E-state index is 1.20. The van der Waals surface area contributed by atoms with Gasteiger partial charge in [-0.05, 0) is 22.3 Å². The van der Waals surface area contributed by atoms with Crippen molar-refractivity contribution in [1.82, 2.24) is 0 Å². The average Bonchev–Trinajstić information content (AvgIpc) is 2.67. The van der Waals surface area contributed by atoms with Crippen LogP contribution in [0.1, 0.15) is 22.3 Å². The lowest BCUT2D eigenvalue weighted by molar-refractivity contribution is -0.671. The van der Waals surface area contributed by atoms with Crippen molar-refractivity contribution >= 4 is 34.7 Å². The Hall–Kier alpha value is -3.13. The quantitative estimate of drug-likeness (QED) is 0.375. The van der Waals surface area contributed by atoms with Crippen molar-refractivity contribution in [3.05, 3.63) is 95.6 Å². The molecule has 0 fully saturated rings. The highest BCUT2D eigenvalue weighted by Crippen LogP contribution is 2.11. The number of rotatable bonds is 4. The second kappa shape index (κ2) is 10.4. The molecule has 150 valence electrons. The van der Waals surface area contributed by atoms with Gasteiger partial charge in [0.1, 0.15) is 14.1 Å². The first-order valence-corrected chi connectivity index (χ1v) is 10.1. The molecule has 0 aliphatic heterocycles. The van der Waals surface area contributed by atoms with Crippen molar-refractivity contribution in [1.29, 1.82) is 0 Å². The van der Waals surface area contributed by atoms with E-state index in [1.807, 2.05) is 23.2 Å². The van der Waals surface area contributed by atoms with Crippen molar-refractivity contribution in [2.24, 2.45) is 14.1 Å². The van der Waals surface area contributed by atoms with Gasteiger partial charge < -0.3 is 9.11 Å². The standard InChI is InChI=1S/C22H22N2.H2O4S/c1-23-15-11-21(12-16-23)9-7-19-3-5-20(6-4-19)8-10-22-13-17-24(2)18-14-22;1-5(2,3)4/h3-18H,1-2H3;(H2,1,2,3,4)/q+2;/p-2. The number of aromatic nitrogens is 2. The fourth-order valence-corrected chi connectivity index (χ4v) is 2.35. The predicted molar refractivity (Wildman–Crippen MR) is 110 cm³/mol. The van der Waals surface area contributed by atoms with Crippen LogP contribution >= 0.6 is 0 Å². The summed E-state index contributed by atoms with van der Waals surface area (Å²) in [7, 11) is -1.12. The Morgan fingerprint density at radius 1 is 0.586 bits per heavy atom.